The Kier molecular flexibility index (Phi) is 2.85. The Morgan fingerprint density at radius 2 is 1.86 bits per heavy atom. The van der Waals surface area contributed by atoms with Gasteiger partial charge in [0.25, 0.3) is 0 Å². The predicted molar refractivity (Wildman–Crippen MR) is 59.2 cm³/mol. The predicted octanol–water partition coefficient (Wildman–Crippen LogP) is 1.70. The molecular weight excluding hydrogens is 172 g/mol. The van der Waals surface area contributed by atoms with Crippen LogP contribution in [0.4, 0.5) is 0 Å². The molecule has 0 aromatic heterocycles. The first-order chi connectivity index (χ1) is 6.77. The largest absolute Gasteiger partial charge is 0.309 e. The van der Waals surface area contributed by atoms with Crippen LogP contribution in [0.25, 0.3) is 0 Å². The molecule has 3 unspecified atom stereocenters. The molecule has 2 nitrogen and oxygen atoms in total. The molecule has 0 spiro atoms. The highest BCUT2D eigenvalue weighted by Crippen LogP contribution is 2.19. The van der Waals surface area contributed by atoms with Gasteiger partial charge in [0.2, 0.25) is 0 Å². The fourth-order valence-corrected chi connectivity index (χ4v) is 2.15. The van der Waals surface area contributed by atoms with E-state index >= 15 is 0 Å². The van der Waals surface area contributed by atoms with Gasteiger partial charge in [0.15, 0.2) is 0 Å². The van der Waals surface area contributed by atoms with Crippen molar-refractivity contribution in [2.45, 2.75) is 32.0 Å². The van der Waals surface area contributed by atoms with Crippen molar-refractivity contribution in [1.29, 1.82) is 0 Å². The van der Waals surface area contributed by atoms with Gasteiger partial charge in [-0.15, -0.1) is 0 Å². The average molecular weight is 190 g/mol. The topological polar surface area (TPSA) is 24.1 Å². The van der Waals surface area contributed by atoms with Crippen molar-refractivity contribution in [1.82, 2.24) is 10.6 Å². The maximum atomic E-state index is 3.57. The number of hydrogen-bond acceptors (Lipinski definition) is 2. The molecule has 1 fully saturated rings. The van der Waals surface area contributed by atoms with E-state index in [2.05, 4.69) is 54.8 Å². The molecule has 1 aromatic carbocycles. The summed E-state index contributed by atoms with van der Waals surface area (Å²) in [5, 5.41) is 7.14. The van der Waals surface area contributed by atoms with Gasteiger partial charge < -0.3 is 10.6 Å². The maximum absolute atomic E-state index is 3.57. The van der Waals surface area contributed by atoms with E-state index in [9.17, 15) is 0 Å². The zero-order valence-electron chi connectivity index (χ0n) is 8.83. The molecular formula is C12H18N2. The second-order valence-electron chi connectivity index (χ2n) is 4.15. The summed E-state index contributed by atoms with van der Waals surface area (Å²) in [6.45, 7) is 5.49. The van der Waals surface area contributed by atoms with Crippen molar-refractivity contribution in [3.63, 3.8) is 0 Å². The van der Waals surface area contributed by atoms with Gasteiger partial charge in [0.05, 0.1) is 0 Å². The Hall–Kier alpha value is -0.860. The van der Waals surface area contributed by atoms with Crippen molar-refractivity contribution in [2.24, 2.45) is 0 Å². The molecule has 2 rings (SSSR count). The third kappa shape index (κ3) is 1.97. The lowest BCUT2D eigenvalue weighted by molar-refractivity contribution is 0.294. The van der Waals surface area contributed by atoms with Crippen LogP contribution in [0.1, 0.15) is 25.5 Å². The van der Waals surface area contributed by atoms with E-state index in [4.69, 9.17) is 0 Å². The standard InChI is InChI=1S/C12H18N2/c1-9-8-13-12(10(2)14-9)11-6-4-3-5-7-11/h3-7,9-10,12-14H,8H2,1-2H3. The van der Waals surface area contributed by atoms with Crippen LogP contribution in [-0.4, -0.2) is 18.6 Å². The molecule has 1 saturated heterocycles. The highest BCUT2D eigenvalue weighted by molar-refractivity contribution is 5.21. The fraction of sp³-hybridized carbons (Fsp3) is 0.500. The third-order valence-electron chi connectivity index (χ3n) is 2.85. The van der Waals surface area contributed by atoms with Gasteiger partial charge in [-0.05, 0) is 19.4 Å². The van der Waals surface area contributed by atoms with Crippen molar-refractivity contribution in [3.05, 3.63) is 35.9 Å². The molecule has 3 atom stereocenters. The molecule has 1 aromatic rings. The van der Waals surface area contributed by atoms with E-state index in [1.54, 1.807) is 0 Å². The van der Waals surface area contributed by atoms with Crippen molar-refractivity contribution >= 4 is 0 Å². The fourth-order valence-electron chi connectivity index (χ4n) is 2.15. The van der Waals surface area contributed by atoms with Crippen molar-refractivity contribution < 1.29 is 0 Å². The second-order valence-corrected chi connectivity index (χ2v) is 4.15. The zero-order chi connectivity index (χ0) is 9.97. The number of rotatable bonds is 1. The molecule has 0 bridgehead atoms. The summed E-state index contributed by atoms with van der Waals surface area (Å²) in [5.74, 6) is 0. The van der Waals surface area contributed by atoms with Gasteiger partial charge in [-0.2, -0.15) is 0 Å². The molecule has 2 heteroatoms. The summed E-state index contributed by atoms with van der Waals surface area (Å²) in [5.41, 5.74) is 1.37. The number of benzene rings is 1. The van der Waals surface area contributed by atoms with E-state index in [0.29, 0.717) is 18.1 Å². The van der Waals surface area contributed by atoms with Gasteiger partial charge in [-0.3, -0.25) is 0 Å². The van der Waals surface area contributed by atoms with Gasteiger partial charge in [-0.25, -0.2) is 0 Å². The summed E-state index contributed by atoms with van der Waals surface area (Å²) in [6, 6.07) is 12.2. The minimum Gasteiger partial charge on any atom is -0.309 e. The summed E-state index contributed by atoms with van der Waals surface area (Å²) >= 11 is 0. The van der Waals surface area contributed by atoms with Gasteiger partial charge in [0, 0.05) is 24.7 Å². The molecule has 1 aliphatic rings. The molecule has 1 aliphatic heterocycles. The summed E-state index contributed by atoms with van der Waals surface area (Å²) in [7, 11) is 0. The van der Waals surface area contributed by atoms with Crippen LogP contribution < -0.4 is 10.6 Å². The lowest BCUT2D eigenvalue weighted by atomic mass is 9.97. The smallest absolute Gasteiger partial charge is 0.0473 e. The molecule has 0 saturated carbocycles. The van der Waals surface area contributed by atoms with Crippen LogP contribution in [0, 0.1) is 0 Å². The Morgan fingerprint density at radius 1 is 1.14 bits per heavy atom. The third-order valence-corrected chi connectivity index (χ3v) is 2.85. The van der Waals surface area contributed by atoms with Crippen molar-refractivity contribution in [2.75, 3.05) is 6.54 Å². The van der Waals surface area contributed by atoms with Crippen LogP contribution in [0.3, 0.4) is 0 Å². The molecule has 0 radical (unpaired) electrons. The number of hydrogen-bond donors (Lipinski definition) is 2. The van der Waals surface area contributed by atoms with Crippen LogP contribution in [0.2, 0.25) is 0 Å². The minimum absolute atomic E-state index is 0.451. The Labute approximate surface area is 85.7 Å². The first-order valence-corrected chi connectivity index (χ1v) is 5.32. The number of nitrogens with one attached hydrogen (secondary N) is 2. The maximum Gasteiger partial charge on any atom is 0.0473 e. The van der Waals surface area contributed by atoms with E-state index in [0.717, 1.165) is 6.54 Å². The van der Waals surface area contributed by atoms with E-state index in [1.807, 2.05) is 0 Å². The minimum atomic E-state index is 0.451. The van der Waals surface area contributed by atoms with Gasteiger partial charge >= 0.3 is 0 Å². The lowest BCUT2D eigenvalue weighted by Crippen LogP contribution is -2.53. The first-order valence-electron chi connectivity index (χ1n) is 5.32. The summed E-state index contributed by atoms with van der Waals surface area (Å²) in [6.07, 6.45) is 0. The Bertz CT molecular complexity index is 284. The molecule has 1 heterocycles. The van der Waals surface area contributed by atoms with Gasteiger partial charge in [-0.1, -0.05) is 30.3 Å². The number of piperazine rings is 1. The molecule has 0 aliphatic carbocycles. The van der Waals surface area contributed by atoms with E-state index < -0.39 is 0 Å². The highest BCUT2D eigenvalue weighted by atomic mass is 15.1. The molecule has 2 N–H and O–H groups in total. The monoisotopic (exact) mass is 190 g/mol. The quantitative estimate of drug-likeness (QED) is 0.704. The van der Waals surface area contributed by atoms with Crippen LogP contribution in [0.5, 0.6) is 0 Å². The van der Waals surface area contributed by atoms with Crippen LogP contribution >= 0.6 is 0 Å². The van der Waals surface area contributed by atoms with Crippen LogP contribution in [-0.2, 0) is 0 Å². The van der Waals surface area contributed by atoms with Crippen LogP contribution in [0.15, 0.2) is 30.3 Å². The summed E-state index contributed by atoms with van der Waals surface area (Å²) < 4.78 is 0. The zero-order valence-corrected chi connectivity index (χ0v) is 8.83. The second kappa shape index (κ2) is 4.11. The first kappa shape index (κ1) is 9.69. The van der Waals surface area contributed by atoms with E-state index in [1.165, 1.54) is 5.56 Å². The molecule has 14 heavy (non-hydrogen) atoms. The Balaban J connectivity index is 2.12. The Morgan fingerprint density at radius 3 is 2.50 bits per heavy atom. The summed E-state index contributed by atoms with van der Waals surface area (Å²) in [4.78, 5) is 0. The SMILES string of the molecule is CC1CNC(c2ccccc2)C(C)N1. The lowest BCUT2D eigenvalue weighted by Gasteiger charge is -2.35. The van der Waals surface area contributed by atoms with Crippen molar-refractivity contribution in [3.8, 4) is 0 Å². The molecule has 0 amide bonds. The molecule has 76 valence electrons. The van der Waals surface area contributed by atoms with E-state index in [-0.39, 0.29) is 0 Å². The average Bonchev–Trinajstić information content (AvgIpc) is 2.19. The highest BCUT2D eigenvalue weighted by Gasteiger charge is 2.24. The van der Waals surface area contributed by atoms with Gasteiger partial charge in [0.1, 0.15) is 0 Å². The normalized spacial score (nSPS) is 32.9.